The van der Waals surface area contributed by atoms with E-state index in [2.05, 4.69) is 19.3 Å². The second kappa shape index (κ2) is 9.53. The molecule has 36 heavy (non-hydrogen) atoms. The fourth-order valence-electron chi connectivity index (χ4n) is 5.25. The second-order valence-electron chi connectivity index (χ2n) is 9.41. The molecule has 0 bridgehead atoms. The smallest absolute Gasteiger partial charge is 0.220 e. The molecule has 2 aliphatic rings. The number of benzene rings is 1. The van der Waals surface area contributed by atoms with Crippen molar-refractivity contribution in [3.05, 3.63) is 48.5 Å². The molecule has 0 unspecified atom stereocenters. The van der Waals surface area contributed by atoms with Gasteiger partial charge >= 0.3 is 0 Å². The molecule has 188 valence electrons. The number of nitrogens with zero attached hydrogens (tertiary/aromatic N) is 5. The molecular weight excluding hydrogens is 460 g/mol. The molecule has 0 radical (unpaired) electrons. The summed E-state index contributed by atoms with van der Waals surface area (Å²) in [6.45, 7) is 6.79. The molecule has 3 aromatic heterocycles. The Kier molecular flexibility index (Phi) is 6.08. The Hall–Kier alpha value is -3.47. The van der Waals surface area contributed by atoms with E-state index >= 15 is 0 Å². The molecule has 1 aromatic carbocycles. The first kappa shape index (κ1) is 23.0. The van der Waals surface area contributed by atoms with Gasteiger partial charge in [0.25, 0.3) is 0 Å². The monoisotopic (exact) mass is 490 g/mol. The van der Waals surface area contributed by atoms with Gasteiger partial charge in [-0.05, 0) is 30.3 Å². The van der Waals surface area contributed by atoms with Crippen LogP contribution in [-0.2, 0) is 9.53 Å². The van der Waals surface area contributed by atoms with Gasteiger partial charge in [0, 0.05) is 51.3 Å². The number of aliphatic hydroxyl groups excluding tert-OH is 1. The topological polar surface area (TPSA) is 108 Å². The van der Waals surface area contributed by atoms with Crippen LogP contribution in [0.2, 0.25) is 0 Å². The van der Waals surface area contributed by atoms with Crippen LogP contribution in [-0.4, -0.2) is 92.3 Å². The lowest BCUT2D eigenvalue weighted by atomic mass is 10.1. The van der Waals surface area contributed by atoms with Gasteiger partial charge in [-0.15, -0.1) is 0 Å². The zero-order valence-corrected chi connectivity index (χ0v) is 20.3. The van der Waals surface area contributed by atoms with Crippen LogP contribution in [0.4, 0.5) is 0 Å². The van der Waals surface area contributed by atoms with E-state index in [-0.39, 0.29) is 11.9 Å². The average Bonchev–Trinajstić information content (AvgIpc) is 3.61. The molecular formula is C26H30N6O4. The minimum absolute atomic E-state index is 0.0761. The van der Waals surface area contributed by atoms with Crippen LogP contribution in [0.25, 0.3) is 27.9 Å². The van der Waals surface area contributed by atoms with Gasteiger partial charge in [-0.1, -0.05) is 0 Å². The molecule has 0 aliphatic carbocycles. The summed E-state index contributed by atoms with van der Waals surface area (Å²) in [5.41, 5.74) is 4.19. The minimum atomic E-state index is -0.577. The maximum absolute atomic E-state index is 12.4. The summed E-state index contributed by atoms with van der Waals surface area (Å²) in [4.78, 5) is 29.2. The van der Waals surface area contributed by atoms with Gasteiger partial charge in [0.15, 0.2) is 5.65 Å². The largest absolute Gasteiger partial charge is 0.492 e. The van der Waals surface area contributed by atoms with Gasteiger partial charge in [-0.25, -0.2) is 9.97 Å². The number of hydrogen-bond acceptors (Lipinski definition) is 7. The number of aliphatic hydroxyl groups is 1. The maximum atomic E-state index is 12.4. The van der Waals surface area contributed by atoms with Gasteiger partial charge in [0.1, 0.15) is 18.2 Å². The molecule has 2 saturated heterocycles. The van der Waals surface area contributed by atoms with Crippen molar-refractivity contribution in [3.63, 3.8) is 0 Å². The first-order chi connectivity index (χ1) is 17.6. The van der Waals surface area contributed by atoms with Crippen LogP contribution in [0.3, 0.4) is 0 Å². The Labute approximate surface area is 208 Å². The molecule has 2 N–H and O–H groups in total. The van der Waals surface area contributed by atoms with Crippen LogP contribution < -0.4 is 4.74 Å². The lowest BCUT2D eigenvalue weighted by Crippen LogP contribution is -2.38. The highest BCUT2D eigenvalue weighted by Gasteiger charge is 2.37. The van der Waals surface area contributed by atoms with Gasteiger partial charge < -0.3 is 24.5 Å². The first-order valence-electron chi connectivity index (χ1n) is 12.4. The summed E-state index contributed by atoms with van der Waals surface area (Å²) in [6.07, 6.45) is 3.52. The van der Waals surface area contributed by atoms with Crippen molar-refractivity contribution in [2.75, 3.05) is 46.0 Å². The molecule has 5 heterocycles. The number of amides is 1. The Balaban J connectivity index is 1.31. The number of nitrogens with one attached hydrogen (secondary N) is 1. The fraction of sp³-hybridized carbons (Fsp3) is 0.423. The number of carbonyl (C=O) groups is 1. The molecule has 2 fully saturated rings. The number of fused-ring (bicyclic) bond motifs is 3. The summed E-state index contributed by atoms with van der Waals surface area (Å²) in [7, 11) is 0. The van der Waals surface area contributed by atoms with Crippen LogP contribution >= 0.6 is 0 Å². The molecule has 10 heteroatoms. The highest BCUT2D eigenvalue weighted by Crippen LogP contribution is 2.37. The molecule has 2 atom stereocenters. The molecule has 2 aliphatic heterocycles. The summed E-state index contributed by atoms with van der Waals surface area (Å²) < 4.78 is 13.4. The van der Waals surface area contributed by atoms with E-state index in [1.807, 2.05) is 36.5 Å². The van der Waals surface area contributed by atoms with E-state index in [1.54, 1.807) is 11.1 Å². The van der Waals surface area contributed by atoms with Crippen molar-refractivity contribution in [2.45, 2.75) is 25.5 Å². The number of H-pyrrole nitrogens is 1. The van der Waals surface area contributed by atoms with Gasteiger partial charge in [-0.2, -0.15) is 0 Å². The van der Waals surface area contributed by atoms with Gasteiger partial charge in [0.2, 0.25) is 5.91 Å². The standard InChI is InChI=1S/C26H30N6O4/c1-17(33)31-16-19(34)14-22(31)26-29-24(23-15-28-25-21(32(23)26)6-7-27-25)18-2-4-20(5-3-18)36-13-10-30-8-11-35-12-9-30/h2-7,15,19,22,27,34H,8-14,16H2,1H3/t19-,22-/m1/s1. The highest BCUT2D eigenvalue weighted by molar-refractivity contribution is 5.84. The number of β-amino-alcohol motifs (C(OH)–C–C–N with tert-alkyl or cyclic N) is 1. The normalized spacial score (nSPS) is 21.0. The Morgan fingerprint density at radius 1 is 1.19 bits per heavy atom. The average molecular weight is 491 g/mol. The molecule has 0 spiro atoms. The lowest BCUT2D eigenvalue weighted by Gasteiger charge is -2.26. The maximum Gasteiger partial charge on any atom is 0.220 e. The third kappa shape index (κ3) is 4.21. The predicted octanol–water partition coefficient (Wildman–Crippen LogP) is 2.24. The van der Waals surface area contributed by atoms with E-state index in [1.165, 1.54) is 6.92 Å². The summed E-state index contributed by atoms with van der Waals surface area (Å²) in [5.74, 6) is 1.46. The van der Waals surface area contributed by atoms with Crippen molar-refractivity contribution >= 4 is 22.6 Å². The molecule has 1 amide bonds. The SMILES string of the molecule is CC(=O)N1C[C@H](O)C[C@@H]1c1nc(-c2ccc(OCCN3CCOCC3)cc2)c2cnc3[nH]ccc3n12. The molecule has 4 aromatic rings. The molecule has 0 saturated carbocycles. The van der Waals surface area contributed by atoms with Crippen LogP contribution in [0.15, 0.2) is 42.7 Å². The number of aromatic nitrogens is 4. The van der Waals surface area contributed by atoms with E-state index in [9.17, 15) is 9.90 Å². The second-order valence-corrected chi connectivity index (χ2v) is 9.41. The van der Waals surface area contributed by atoms with E-state index < -0.39 is 6.10 Å². The summed E-state index contributed by atoms with van der Waals surface area (Å²) in [6, 6.07) is 9.57. The van der Waals surface area contributed by atoms with Crippen molar-refractivity contribution in [1.82, 2.24) is 29.2 Å². The number of rotatable bonds is 6. The predicted molar refractivity (Wildman–Crippen MR) is 134 cm³/mol. The van der Waals surface area contributed by atoms with Crippen LogP contribution in [0, 0.1) is 0 Å². The van der Waals surface area contributed by atoms with Crippen molar-refractivity contribution < 1.29 is 19.4 Å². The molecule has 6 rings (SSSR count). The number of imidazole rings is 1. The zero-order valence-electron chi connectivity index (χ0n) is 20.3. The number of hydrogen-bond donors (Lipinski definition) is 2. The Morgan fingerprint density at radius 2 is 2.00 bits per heavy atom. The third-order valence-corrected chi connectivity index (χ3v) is 7.09. The van der Waals surface area contributed by atoms with Crippen LogP contribution in [0.5, 0.6) is 5.75 Å². The highest BCUT2D eigenvalue weighted by atomic mass is 16.5. The number of aromatic amines is 1. The summed E-state index contributed by atoms with van der Waals surface area (Å²) >= 11 is 0. The quantitative estimate of drug-likeness (QED) is 0.427. The van der Waals surface area contributed by atoms with Crippen molar-refractivity contribution in [3.8, 4) is 17.0 Å². The minimum Gasteiger partial charge on any atom is -0.492 e. The van der Waals surface area contributed by atoms with E-state index in [0.717, 1.165) is 72.4 Å². The number of ether oxygens (including phenoxy) is 2. The number of likely N-dealkylation sites (tertiary alicyclic amines) is 1. The van der Waals surface area contributed by atoms with Crippen LogP contribution in [0.1, 0.15) is 25.2 Å². The van der Waals surface area contributed by atoms with Crippen molar-refractivity contribution in [2.24, 2.45) is 0 Å². The van der Waals surface area contributed by atoms with Gasteiger partial charge in [0.05, 0.1) is 48.3 Å². The Morgan fingerprint density at radius 3 is 2.78 bits per heavy atom. The number of morpholine rings is 1. The fourth-order valence-corrected chi connectivity index (χ4v) is 5.25. The Bertz CT molecular complexity index is 1370. The number of carbonyl (C=O) groups excluding carboxylic acids is 1. The van der Waals surface area contributed by atoms with E-state index in [4.69, 9.17) is 14.5 Å². The van der Waals surface area contributed by atoms with Crippen molar-refractivity contribution in [1.29, 1.82) is 0 Å². The lowest BCUT2D eigenvalue weighted by molar-refractivity contribution is -0.130. The van der Waals surface area contributed by atoms with E-state index in [0.29, 0.717) is 19.6 Å². The summed E-state index contributed by atoms with van der Waals surface area (Å²) in [5, 5.41) is 10.4. The zero-order chi connectivity index (χ0) is 24.6. The van der Waals surface area contributed by atoms with Gasteiger partial charge in [-0.3, -0.25) is 14.1 Å². The molecule has 10 nitrogen and oxygen atoms in total. The first-order valence-corrected chi connectivity index (χ1v) is 12.4. The third-order valence-electron chi connectivity index (χ3n) is 7.09.